The van der Waals surface area contributed by atoms with E-state index in [1.807, 2.05) is 6.07 Å². The second-order valence-electron chi connectivity index (χ2n) is 3.98. The van der Waals surface area contributed by atoms with Crippen molar-refractivity contribution in [1.29, 1.82) is 0 Å². The van der Waals surface area contributed by atoms with E-state index < -0.39 is 11.7 Å². The summed E-state index contributed by atoms with van der Waals surface area (Å²) in [6.07, 6.45) is 0. The second-order valence-corrected chi connectivity index (χ2v) is 3.98. The molecule has 3 nitrogen and oxygen atoms in total. The smallest absolute Gasteiger partial charge is 0.260 e. The molecule has 18 heavy (non-hydrogen) atoms. The molecule has 0 aliphatic rings. The fourth-order valence-corrected chi connectivity index (χ4v) is 1.64. The van der Waals surface area contributed by atoms with Crippen molar-refractivity contribution in [2.45, 2.75) is 6.92 Å². The monoisotopic (exact) mass is 244 g/mol. The summed E-state index contributed by atoms with van der Waals surface area (Å²) in [5.74, 6) is -1.12. The van der Waals surface area contributed by atoms with Crippen LogP contribution in [0.15, 0.2) is 42.5 Å². The van der Waals surface area contributed by atoms with Crippen molar-refractivity contribution < 1.29 is 9.18 Å². The Hall–Kier alpha value is -2.36. The number of benzene rings is 2. The molecule has 0 heterocycles. The van der Waals surface area contributed by atoms with E-state index in [0.29, 0.717) is 11.3 Å². The standard InChI is InChI=1S/C14H13FN2O/c1-9-7-8-11(16)12(13(9)15)14(18)17-10-5-3-2-4-6-10/h2-8H,16H2,1H3,(H,17,18). The number of carbonyl (C=O) groups excluding carboxylic acids is 1. The topological polar surface area (TPSA) is 55.1 Å². The zero-order valence-electron chi connectivity index (χ0n) is 9.91. The molecule has 0 aliphatic heterocycles. The molecule has 2 aromatic carbocycles. The van der Waals surface area contributed by atoms with Crippen molar-refractivity contribution in [1.82, 2.24) is 0 Å². The Bertz CT molecular complexity index is 582. The number of rotatable bonds is 2. The van der Waals surface area contributed by atoms with Gasteiger partial charge in [-0.15, -0.1) is 0 Å². The van der Waals surface area contributed by atoms with E-state index in [1.54, 1.807) is 37.3 Å². The van der Waals surface area contributed by atoms with Crippen LogP contribution in [0.5, 0.6) is 0 Å². The first kappa shape index (κ1) is 12.1. The molecule has 92 valence electrons. The number of amides is 1. The van der Waals surface area contributed by atoms with Crippen LogP contribution in [0.25, 0.3) is 0 Å². The number of para-hydroxylation sites is 1. The summed E-state index contributed by atoms with van der Waals surface area (Å²) in [7, 11) is 0. The van der Waals surface area contributed by atoms with Crippen molar-refractivity contribution in [3.63, 3.8) is 0 Å². The molecule has 4 heteroatoms. The quantitative estimate of drug-likeness (QED) is 0.798. The summed E-state index contributed by atoms with van der Waals surface area (Å²) < 4.78 is 13.9. The molecular weight excluding hydrogens is 231 g/mol. The van der Waals surface area contributed by atoms with Crippen LogP contribution in [0.4, 0.5) is 15.8 Å². The van der Waals surface area contributed by atoms with Crippen LogP contribution in [0.2, 0.25) is 0 Å². The molecular formula is C14H13FN2O. The number of hydrogen-bond acceptors (Lipinski definition) is 2. The highest BCUT2D eigenvalue weighted by atomic mass is 19.1. The molecule has 0 aliphatic carbocycles. The number of aryl methyl sites for hydroxylation is 1. The molecule has 0 saturated carbocycles. The van der Waals surface area contributed by atoms with Crippen LogP contribution in [-0.4, -0.2) is 5.91 Å². The number of nitrogens with two attached hydrogens (primary N) is 1. The summed E-state index contributed by atoms with van der Waals surface area (Å²) >= 11 is 0. The molecule has 1 amide bonds. The van der Waals surface area contributed by atoms with Gasteiger partial charge in [0.25, 0.3) is 5.91 Å². The van der Waals surface area contributed by atoms with Crippen LogP contribution in [0, 0.1) is 12.7 Å². The van der Waals surface area contributed by atoms with Crippen molar-refractivity contribution in [3.8, 4) is 0 Å². The Morgan fingerprint density at radius 2 is 1.83 bits per heavy atom. The summed E-state index contributed by atoms with van der Waals surface area (Å²) in [4.78, 5) is 12.0. The molecule has 2 aromatic rings. The Morgan fingerprint density at radius 1 is 1.17 bits per heavy atom. The normalized spacial score (nSPS) is 10.1. The lowest BCUT2D eigenvalue weighted by Crippen LogP contribution is -2.16. The predicted molar refractivity (Wildman–Crippen MR) is 69.9 cm³/mol. The third-order valence-corrected chi connectivity index (χ3v) is 2.63. The average molecular weight is 244 g/mol. The van der Waals surface area contributed by atoms with Crippen LogP contribution < -0.4 is 11.1 Å². The number of nitrogens with one attached hydrogen (secondary N) is 1. The van der Waals surface area contributed by atoms with E-state index in [9.17, 15) is 9.18 Å². The van der Waals surface area contributed by atoms with E-state index in [2.05, 4.69) is 5.32 Å². The lowest BCUT2D eigenvalue weighted by atomic mass is 10.1. The summed E-state index contributed by atoms with van der Waals surface area (Å²) in [5.41, 5.74) is 6.65. The fourth-order valence-electron chi connectivity index (χ4n) is 1.64. The summed E-state index contributed by atoms with van der Waals surface area (Å²) in [6, 6.07) is 11.9. The maximum Gasteiger partial charge on any atom is 0.260 e. The summed E-state index contributed by atoms with van der Waals surface area (Å²) in [5, 5.41) is 2.61. The van der Waals surface area contributed by atoms with E-state index in [0.717, 1.165) is 0 Å². The minimum atomic E-state index is -0.580. The Kier molecular flexibility index (Phi) is 3.28. The van der Waals surface area contributed by atoms with Gasteiger partial charge in [0.2, 0.25) is 0 Å². The molecule has 0 unspecified atom stereocenters. The lowest BCUT2D eigenvalue weighted by molar-refractivity contribution is 0.102. The largest absolute Gasteiger partial charge is 0.398 e. The first-order chi connectivity index (χ1) is 8.59. The van der Waals surface area contributed by atoms with Gasteiger partial charge in [-0.2, -0.15) is 0 Å². The molecule has 0 atom stereocenters. The molecule has 0 saturated heterocycles. The summed E-state index contributed by atoms with van der Waals surface area (Å²) in [6.45, 7) is 1.59. The van der Waals surface area contributed by atoms with Gasteiger partial charge in [-0.1, -0.05) is 24.3 Å². The van der Waals surface area contributed by atoms with Gasteiger partial charge < -0.3 is 11.1 Å². The number of carbonyl (C=O) groups is 1. The van der Waals surface area contributed by atoms with Gasteiger partial charge in [-0.05, 0) is 30.7 Å². The van der Waals surface area contributed by atoms with Crippen molar-refractivity contribution in [3.05, 3.63) is 59.4 Å². The number of halogens is 1. The lowest BCUT2D eigenvalue weighted by Gasteiger charge is -2.09. The number of nitrogen functional groups attached to an aromatic ring is 1. The molecule has 0 radical (unpaired) electrons. The van der Waals surface area contributed by atoms with E-state index in [-0.39, 0.29) is 11.3 Å². The Morgan fingerprint density at radius 3 is 2.50 bits per heavy atom. The van der Waals surface area contributed by atoms with Crippen molar-refractivity contribution in [2.24, 2.45) is 0 Å². The van der Waals surface area contributed by atoms with Gasteiger partial charge in [0.05, 0.1) is 5.56 Å². The first-order valence-corrected chi connectivity index (χ1v) is 5.50. The maximum absolute atomic E-state index is 13.9. The molecule has 0 fully saturated rings. The SMILES string of the molecule is Cc1ccc(N)c(C(=O)Nc2ccccc2)c1F. The van der Waals surface area contributed by atoms with Crippen LogP contribution in [0.1, 0.15) is 15.9 Å². The number of hydrogen-bond donors (Lipinski definition) is 2. The van der Waals surface area contributed by atoms with Gasteiger partial charge in [0.15, 0.2) is 0 Å². The highest BCUT2D eigenvalue weighted by Gasteiger charge is 2.17. The zero-order valence-corrected chi connectivity index (χ0v) is 9.91. The maximum atomic E-state index is 13.9. The van der Waals surface area contributed by atoms with Crippen LogP contribution in [-0.2, 0) is 0 Å². The van der Waals surface area contributed by atoms with Gasteiger partial charge in [-0.25, -0.2) is 4.39 Å². The Labute approximate surface area is 104 Å². The molecule has 0 spiro atoms. The third-order valence-electron chi connectivity index (χ3n) is 2.63. The van der Waals surface area contributed by atoms with Gasteiger partial charge in [0, 0.05) is 11.4 Å². The highest BCUT2D eigenvalue weighted by molar-refractivity contribution is 6.08. The van der Waals surface area contributed by atoms with Crippen LogP contribution in [0.3, 0.4) is 0 Å². The van der Waals surface area contributed by atoms with Crippen molar-refractivity contribution in [2.75, 3.05) is 11.1 Å². The fraction of sp³-hybridized carbons (Fsp3) is 0.0714. The zero-order chi connectivity index (χ0) is 13.1. The van der Waals surface area contributed by atoms with E-state index in [1.165, 1.54) is 6.07 Å². The Balaban J connectivity index is 2.33. The molecule has 3 N–H and O–H groups in total. The second kappa shape index (κ2) is 4.87. The van der Waals surface area contributed by atoms with Crippen LogP contribution >= 0.6 is 0 Å². The molecule has 2 rings (SSSR count). The van der Waals surface area contributed by atoms with E-state index >= 15 is 0 Å². The predicted octanol–water partition coefficient (Wildman–Crippen LogP) is 2.97. The van der Waals surface area contributed by atoms with Gasteiger partial charge in [0.1, 0.15) is 5.82 Å². The van der Waals surface area contributed by atoms with Crippen molar-refractivity contribution >= 4 is 17.3 Å². The molecule has 0 bridgehead atoms. The first-order valence-electron chi connectivity index (χ1n) is 5.50. The minimum absolute atomic E-state index is 0.112. The minimum Gasteiger partial charge on any atom is -0.398 e. The number of anilines is 2. The van der Waals surface area contributed by atoms with Gasteiger partial charge in [-0.3, -0.25) is 4.79 Å². The van der Waals surface area contributed by atoms with Gasteiger partial charge >= 0.3 is 0 Å². The van der Waals surface area contributed by atoms with E-state index in [4.69, 9.17) is 5.73 Å². The third kappa shape index (κ3) is 2.32. The highest BCUT2D eigenvalue weighted by Crippen LogP contribution is 2.20. The molecule has 0 aromatic heterocycles. The average Bonchev–Trinajstić information content (AvgIpc) is 2.36.